The molecule has 1 saturated heterocycles. The van der Waals surface area contributed by atoms with Gasteiger partial charge in [-0.05, 0) is 63.6 Å². The van der Waals surface area contributed by atoms with Gasteiger partial charge in [0.1, 0.15) is 12.4 Å². The number of thioether (sulfide) groups is 1. The highest BCUT2D eigenvalue weighted by atomic mass is 79.9. The first-order valence-electron chi connectivity index (χ1n) is 9.09. The lowest BCUT2D eigenvalue weighted by molar-refractivity contribution is -0.115. The van der Waals surface area contributed by atoms with Gasteiger partial charge in [0.05, 0.1) is 15.1 Å². The van der Waals surface area contributed by atoms with Gasteiger partial charge in [0.25, 0.3) is 5.91 Å². The summed E-state index contributed by atoms with van der Waals surface area (Å²) in [7, 11) is 0. The minimum Gasteiger partial charge on any atom is -0.487 e. The van der Waals surface area contributed by atoms with E-state index in [1.54, 1.807) is 0 Å². The molecule has 4 rings (SSSR count). The first-order chi connectivity index (χ1) is 14.6. The van der Waals surface area contributed by atoms with E-state index in [2.05, 4.69) is 42.2 Å². The zero-order valence-electron chi connectivity index (χ0n) is 15.6. The maximum absolute atomic E-state index is 12.5. The molecule has 1 aliphatic rings. The third kappa shape index (κ3) is 5.22. The molecular formula is C23H16Br2N2O2S. The van der Waals surface area contributed by atoms with E-state index in [-0.39, 0.29) is 5.91 Å². The lowest BCUT2D eigenvalue weighted by Gasteiger charge is -2.12. The number of para-hydroxylation sites is 1. The number of nitrogens with one attached hydrogen (secondary N) is 1. The maximum Gasteiger partial charge on any atom is 0.264 e. The van der Waals surface area contributed by atoms with Crippen molar-refractivity contribution in [2.75, 3.05) is 0 Å². The van der Waals surface area contributed by atoms with E-state index >= 15 is 0 Å². The molecule has 1 heterocycles. The van der Waals surface area contributed by atoms with Gasteiger partial charge < -0.3 is 10.1 Å². The molecule has 150 valence electrons. The van der Waals surface area contributed by atoms with E-state index in [9.17, 15) is 4.79 Å². The van der Waals surface area contributed by atoms with Crippen molar-refractivity contribution in [2.45, 2.75) is 6.61 Å². The average molecular weight is 544 g/mol. The van der Waals surface area contributed by atoms with Crippen LogP contribution in [0.15, 0.2) is 91.6 Å². The maximum atomic E-state index is 12.5. The normalized spacial score (nSPS) is 16.1. The number of hydrogen-bond acceptors (Lipinski definition) is 4. The molecule has 30 heavy (non-hydrogen) atoms. The topological polar surface area (TPSA) is 50.7 Å². The van der Waals surface area contributed by atoms with Crippen molar-refractivity contribution >= 4 is 66.5 Å². The molecule has 7 heteroatoms. The summed E-state index contributed by atoms with van der Waals surface area (Å²) in [6, 6.07) is 23.3. The molecule has 1 fully saturated rings. The first kappa shape index (κ1) is 20.9. The summed E-state index contributed by atoms with van der Waals surface area (Å²) in [4.78, 5) is 17.5. The predicted octanol–water partition coefficient (Wildman–Crippen LogP) is 6.68. The number of amides is 1. The minimum absolute atomic E-state index is 0.181. The minimum atomic E-state index is -0.181. The first-order valence-corrected chi connectivity index (χ1v) is 11.5. The average Bonchev–Trinajstić information content (AvgIpc) is 3.07. The van der Waals surface area contributed by atoms with Crippen LogP contribution in [0.25, 0.3) is 6.08 Å². The number of rotatable bonds is 5. The predicted molar refractivity (Wildman–Crippen MR) is 130 cm³/mol. The molecule has 3 aromatic carbocycles. The van der Waals surface area contributed by atoms with Crippen LogP contribution < -0.4 is 10.1 Å². The van der Waals surface area contributed by atoms with Crippen LogP contribution in [0.3, 0.4) is 0 Å². The molecular weight excluding hydrogens is 528 g/mol. The van der Waals surface area contributed by atoms with Crippen LogP contribution in [0.5, 0.6) is 5.75 Å². The molecule has 0 spiro atoms. The number of nitrogens with zero attached hydrogens (tertiary/aromatic N) is 1. The van der Waals surface area contributed by atoms with Crippen LogP contribution in [0.4, 0.5) is 5.69 Å². The van der Waals surface area contributed by atoms with Gasteiger partial charge in [0.2, 0.25) is 0 Å². The monoisotopic (exact) mass is 542 g/mol. The fourth-order valence-corrected chi connectivity index (χ4v) is 5.02. The number of ether oxygens (including phenoxy) is 1. The summed E-state index contributed by atoms with van der Waals surface area (Å²) in [5.74, 6) is 0.496. The molecule has 0 unspecified atom stereocenters. The summed E-state index contributed by atoms with van der Waals surface area (Å²) < 4.78 is 7.78. The Morgan fingerprint density at radius 3 is 2.43 bits per heavy atom. The molecule has 0 saturated carbocycles. The Hall–Kier alpha value is -2.35. The number of aliphatic imine (C=N–C) groups is 1. The summed E-state index contributed by atoms with van der Waals surface area (Å²) >= 11 is 8.40. The highest BCUT2D eigenvalue weighted by Gasteiger charge is 2.24. The lowest BCUT2D eigenvalue weighted by Crippen LogP contribution is -2.19. The SMILES string of the molecule is O=C1NC(=Nc2ccccc2)S/C1=C\c1cc(Br)cc(Br)c1OCc1ccccc1. The zero-order chi connectivity index (χ0) is 20.9. The van der Waals surface area contributed by atoms with Crippen molar-refractivity contribution in [3.05, 3.63) is 97.8 Å². The second kappa shape index (κ2) is 9.64. The third-order valence-electron chi connectivity index (χ3n) is 4.19. The Balaban J connectivity index is 1.61. The fourth-order valence-electron chi connectivity index (χ4n) is 2.81. The number of carbonyl (C=O) groups is 1. The van der Waals surface area contributed by atoms with Crippen LogP contribution in [-0.4, -0.2) is 11.1 Å². The Morgan fingerprint density at radius 1 is 1.00 bits per heavy atom. The van der Waals surface area contributed by atoms with Gasteiger partial charge in [-0.3, -0.25) is 4.79 Å². The van der Waals surface area contributed by atoms with Crippen molar-refractivity contribution in [1.29, 1.82) is 0 Å². The third-order valence-corrected chi connectivity index (χ3v) is 6.14. The summed E-state index contributed by atoms with van der Waals surface area (Å²) in [5.41, 5.74) is 2.65. The smallest absolute Gasteiger partial charge is 0.264 e. The van der Waals surface area contributed by atoms with Crippen molar-refractivity contribution in [3.8, 4) is 5.75 Å². The largest absolute Gasteiger partial charge is 0.487 e. The van der Waals surface area contributed by atoms with E-state index in [1.165, 1.54) is 11.8 Å². The number of amidine groups is 1. The van der Waals surface area contributed by atoms with E-state index in [1.807, 2.05) is 78.9 Å². The van der Waals surface area contributed by atoms with Crippen LogP contribution in [0, 0.1) is 0 Å². The van der Waals surface area contributed by atoms with E-state index < -0.39 is 0 Å². The number of hydrogen-bond donors (Lipinski definition) is 1. The van der Waals surface area contributed by atoms with E-state index in [0.717, 1.165) is 25.8 Å². The summed E-state index contributed by atoms with van der Waals surface area (Å²) in [5, 5.41) is 3.37. The molecule has 1 aliphatic heterocycles. The van der Waals surface area contributed by atoms with Gasteiger partial charge in [-0.2, -0.15) is 0 Å². The molecule has 0 bridgehead atoms. The molecule has 3 aromatic rings. The second-order valence-corrected chi connectivity index (χ2v) is 9.20. The Kier molecular flexibility index (Phi) is 6.72. The summed E-state index contributed by atoms with van der Waals surface area (Å²) in [6.45, 7) is 0.428. The van der Waals surface area contributed by atoms with Gasteiger partial charge in [0.15, 0.2) is 5.17 Å². The quantitative estimate of drug-likeness (QED) is 0.365. The molecule has 0 aliphatic carbocycles. The van der Waals surface area contributed by atoms with E-state index in [0.29, 0.717) is 22.4 Å². The highest BCUT2D eigenvalue weighted by molar-refractivity contribution is 9.11. The van der Waals surface area contributed by atoms with Crippen LogP contribution in [0.1, 0.15) is 11.1 Å². The fraction of sp³-hybridized carbons (Fsp3) is 0.0435. The molecule has 0 radical (unpaired) electrons. The van der Waals surface area contributed by atoms with Crippen LogP contribution >= 0.6 is 43.6 Å². The molecule has 0 atom stereocenters. The van der Waals surface area contributed by atoms with Gasteiger partial charge >= 0.3 is 0 Å². The van der Waals surface area contributed by atoms with Gasteiger partial charge in [-0.25, -0.2) is 4.99 Å². The van der Waals surface area contributed by atoms with Gasteiger partial charge in [-0.1, -0.05) is 64.5 Å². The number of benzene rings is 3. The Bertz CT molecular complexity index is 1130. The molecule has 4 nitrogen and oxygen atoms in total. The number of halogens is 2. The van der Waals surface area contributed by atoms with Crippen molar-refractivity contribution in [2.24, 2.45) is 4.99 Å². The lowest BCUT2D eigenvalue weighted by atomic mass is 10.1. The van der Waals surface area contributed by atoms with Crippen molar-refractivity contribution < 1.29 is 9.53 Å². The second-order valence-electron chi connectivity index (χ2n) is 6.40. The molecule has 1 N–H and O–H groups in total. The molecule has 1 amide bonds. The Labute approximate surface area is 195 Å². The zero-order valence-corrected chi connectivity index (χ0v) is 19.6. The number of carbonyl (C=O) groups excluding carboxylic acids is 1. The molecule has 0 aromatic heterocycles. The summed E-state index contributed by atoms with van der Waals surface area (Å²) in [6.07, 6.45) is 1.82. The highest BCUT2D eigenvalue weighted by Crippen LogP contribution is 2.37. The van der Waals surface area contributed by atoms with Crippen LogP contribution in [0.2, 0.25) is 0 Å². The van der Waals surface area contributed by atoms with Gasteiger partial charge in [0, 0.05) is 10.0 Å². The van der Waals surface area contributed by atoms with Crippen LogP contribution in [-0.2, 0) is 11.4 Å². The Morgan fingerprint density at radius 2 is 1.70 bits per heavy atom. The van der Waals surface area contributed by atoms with Gasteiger partial charge in [-0.15, -0.1) is 0 Å². The standard InChI is InChI=1S/C23H16Br2N2O2S/c24-17-11-16(21(19(25)13-17)29-14-15-7-3-1-4-8-15)12-20-22(28)27-23(30-20)26-18-9-5-2-6-10-18/h1-13H,14H2,(H,26,27,28)/b20-12-. The van der Waals surface area contributed by atoms with Crippen molar-refractivity contribution in [1.82, 2.24) is 5.32 Å². The van der Waals surface area contributed by atoms with E-state index in [4.69, 9.17) is 4.74 Å². The van der Waals surface area contributed by atoms with Crippen molar-refractivity contribution in [3.63, 3.8) is 0 Å².